The second-order valence-corrected chi connectivity index (χ2v) is 5.82. The fraction of sp³-hybridized carbons (Fsp3) is 0.571. The molecule has 1 aromatic heterocycles. The van der Waals surface area contributed by atoms with Gasteiger partial charge in [-0.25, -0.2) is 0 Å². The van der Waals surface area contributed by atoms with Crippen molar-refractivity contribution in [1.29, 1.82) is 5.41 Å². The molecule has 1 aromatic rings. The Labute approximate surface area is 109 Å². The first-order valence-corrected chi connectivity index (χ1v) is 6.53. The lowest BCUT2D eigenvalue weighted by Gasteiger charge is -2.25. The van der Waals surface area contributed by atoms with Gasteiger partial charge < -0.3 is 10.6 Å². The summed E-state index contributed by atoms with van der Waals surface area (Å²) < 4.78 is 0. The van der Waals surface area contributed by atoms with Gasteiger partial charge in [-0.05, 0) is 36.8 Å². The molecule has 4 nitrogen and oxygen atoms in total. The van der Waals surface area contributed by atoms with Gasteiger partial charge in [0.2, 0.25) is 0 Å². The number of pyridine rings is 1. The van der Waals surface area contributed by atoms with Gasteiger partial charge in [-0.1, -0.05) is 13.8 Å². The zero-order chi connectivity index (χ0) is 13.2. The largest absolute Gasteiger partial charge is 0.382 e. The normalized spacial score (nSPS) is 19.3. The number of hydrogen-bond acceptors (Lipinski definition) is 3. The Balaban J connectivity index is 2.16. The Morgan fingerprint density at radius 3 is 2.89 bits per heavy atom. The number of aromatic nitrogens is 1. The first-order valence-electron chi connectivity index (χ1n) is 6.53. The van der Waals surface area contributed by atoms with E-state index in [1.165, 1.54) is 19.3 Å². The van der Waals surface area contributed by atoms with E-state index in [1.54, 1.807) is 6.20 Å². The lowest BCUT2D eigenvalue weighted by molar-refractivity contribution is 0.325. The van der Waals surface area contributed by atoms with Crippen LogP contribution in [0.25, 0.3) is 0 Å². The molecule has 18 heavy (non-hydrogen) atoms. The number of nitrogens with zero attached hydrogens (tertiary/aromatic N) is 2. The number of hydrogen-bond donors (Lipinski definition) is 2. The van der Waals surface area contributed by atoms with Crippen molar-refractivity contribution >= 4 is 11.5 Å². The third kappa shape index (κ3) is 3.00. The van der Waals surface area contributed by atoms with E-state index < -0.39 is 0 Å². The fourth-order valence-corrected chi connectivity index (χ4v) is 2.44. The van der Waals surface area contributed by atoms with E-state index in [0.29, 0.717) is 11.1 Å². The summed E-state index contributed by atoms with van der Waals surface area (Å²) in [4.78, 5) is 6.49. The molecule has 0 aliphatic carbocycles. The van der Waals surface area contributed by atoms with Crippen molar-refractivity contribution in [2.75, 3.05) is 18.0 Å². The van der Waals surface area contributed by atoms with Crippen molar-refractivity contribution in [3.8, 4) is 0 Å². The topological polar surface area (TPSA) is 66.0 Å². The van der Waals surface area contributed by atoms with Crippen molar-refractivity contribution in [2.45, 2.75) is 33.1 Å². The second kappa shape index (κ2) is 4.96. The second-order valence-electron chi connectivity index (χ2n) is 5.82. The molecule has 0 spiro atoms. The summed E-state index contributed by atoms with van der Waals surface area (Å²) in [5.41, 5.74) is 7.62. The van der Waals surface area contributed by atoms with E-state index >= 15 is 0 Å². The van der Waals surface area contributed by atoms with Gasteiger partial charge in [0.1, 0.15) is 11.5 Å². The summed E-state index contributed by atoms with van der Waals surface area (Å²) in [6, 6.07) is 3.92. The Morgan fingerprint density at radius 2 is 2.17 bits per heavy atom. The van der Waals surface area contributed by atoms with Crippen LogP contribution in [0.5, 0.6) is 0 Å². The molecule has 2 rings (SSSR count). The minimum absolute atomic E-state index is 0.0343. The van der Waals surface area contributed by atoms with Crippen LogP contribution in [0.15, 0.2) is 18.3 Å². The van der Waals surface area contributed by atoms with Crippen molar-refractivity contribution in [1.82, 2.24) is 4.98 Å². The molecule has 1 saturated heterocycles. The average Bonchev–Trinajstić information content (AvgIpc) is 2.50. The molecule has 98 valence electrons. The van der Waals surface area contributed by atoms with Gasteiger partial charge >= 0.3 is 0 Å². The van der Waals surface area contributed by atoms with Crippen LogP contribution in [0.4, 0.5) is 5.69 Å². The van der Waals surface area contributed by atoms with Crippen LogP contribution in [0.3, 0.4) is 0 Å². The highest BCUT2D eigenvalue weighted by Gasteiger charge is 2.23. The molecule has 2 heterocycles. The van der Waals surface area contributed by atoms with Crippen molar-refractivity contribution in [3.63, 3.8) is 0 Å². The molecule has 1 aliphatic rings. The minimum Gasteiger partial charge on any atom is -0.382 e. The van der Waals surface area contributed by atoms with Gasteiger partial charge in [-0.3, -0.25) is 10.4 Å². The van der Waals surface area contributed by atoms with Gasteiger partial charge in [-0.2, -0.15) is 0 Å². The van der Waals surface area contributed by atoms with Crippen molar-refractivity contribution < 1.29 is 0 Å². The van der Waals surface area contributed by atoms with Gasteiger partial charge in [0, 0.05) is 25.0 Å². The van der Waals surface area contributed by atoms with Crippen molar-refractivity contribution in [2.24, 2.45) is 11.1 Å². The van der Waals surface area contributed by atoms with Crippen LogP contribution in [-0.4, -0.2) is 23.9 Å². The highest BCUT2D eigenvalue weighted by molar-refractivity contribution is 5.93. The third-order valence-electron chi connectivity index (χ3n) is 3.72. The average molecular weight is 246 g/mol. The van der Waals surface area contributed by atoms with Gasteiger partial charge in [-0.15, -0.1) is 0 Å². The number of anilines is 1. The zero-order valence-corrected chi connectivity index (χ0v) is 11.2. The molecule has 0 bridgehead atoms. The SMILES string of the molecule is CC1(C)CCCN(c2ccnc(C(=N)N)c2)CC1. The summed E-state index contributed by atoms with van der Waals surface area (Å²) in [5, 5.41) is 7.45. The smallest absolute Gasteiger partial charge is 0.141 e. The molecule has 0 amide bonds. The maximum atomic E-state index is 7.45. The van der Waals surface area contributed by atoms with Gasteiger partial charge in [0.25, 0.3) is 0 Å². The van der Waals surface area contributed by atoms with Crippen LogP contribution in [0.2, 0.25) is 0 Å². The molecular weight excluding hydrogens is 224 g/mol. The summed E-state index contributed by atoms with van der Waals surface area (Å²) in [6.07, 6.45) is 5.42. The van der Waals surface area contributed by atoms with E-state index in [-0.39, 0.29) is 5.84 Å². The number of rotatable bonds is 2. The van der Waals surface area contributed by atoms with E-state index in [9.17, 15) is 0 Å². The monoisotopic (exact) mass is 246 g/mol. The van der Waals surface area contributed by atoms with E-state index in [1.807, 2.05) is 12.1 Å². The predicted molar refractivity (Wildman–Crippen MR) is 75.1 cm³/mol. The van der Waals surface area contributed by atoms with E-state index in [4.69, 9.17) is 11.1 Å². The molecule has 1 fully saturated rings. The molecule has 4 heteroatoms. The summed E-state index contributed by atoms with van der Waals surface area (Å²) in [7, 11) is 0. The quantitative estimate of drug-likeness (QED) is 0.622. The molecule has 3 N–H and O–H groups in total. The van der Waals surface area contributed by atoms with Crippen LogP contribution in [0.1, 0.15) is 38.8 Å². The number of amidine groups is 1. The van der Waals surface area contributed by atoms with E-state index in [2.05, 4.69) is 23.7 Å². The standard InChI is InChI=1S/C14H22N4/c1-14(2)5-3-8-18(9-6-14)11-4-7-17-12(10-11)13(15)16/h4,7,10H,3,5-6,8-9H2,1-2H3,(H3,15,16). The number of nitrogens with one attached hydrogen (secondary N) is 1. The molecule has 0 radical (unpaired) electrons. The predicted octanol–water partition coefficient (Wildman–Crippen LogP) is 2.38. The van der Waals surface area contributed by atoms with Gasteiger partial charge in [0.15, 0.2) is 0 Å². The highest BCUT2D eigenvalue weighted by atomic mass is 15.1. The maximum Gasteiger partial charge on any atom is 0.141 e. The number of nitrogen functional groups attached to an aromatic ring is 1. The van der Waals surface area contributed by atoms with Crippen LogP contribution >= 0.6 is 0 Å². The Morgan fingerprint density at radius 1 is 1.39 bits per heavy atom. The van der Waals surface area contributed by atoms with E-state index in [0.717, 1.165) is 18.8 Å². The van der Waals surface area contributed by atoms with Crippen LogP contribution < -0.4 is 10.6 Å². The fourth-order valence-electron chi connectivity index (χ4n) is 2.44. The first-order chi connectivity index (χ1) is 8.48. The molecule has 0 atom stereocenters. The lowest BCUT2D eigenvalue weighted by Crippen LogP contribution is -2.25. The third-order valence-corrected chi connectivity index (χ3v) is 3.72. The Hall–Kier alpha value is -1.58. The molecular formula is C14H22N4. The lowest BCUT2D eigenvalue weighted by atomic mass is 9.85. The molecule has 0 unspecified atom stereocenters. The van der Waals surface area contributed by atoms with Crippen LogP contribution in [0, 0.1) is 10.8 Å². The molecule has 1 aliphatic heterocycles. The Kier molecular flexibility index (Phi) is 3.55. The summed E-state index contributed by atoms with van der Waals surface area (Å²) in [5.74, 6) is 0.0343. The molecule has 0 aromatic carbocycles. The van der Waals surface area contributed by atoms with Crippen molar-refractivity contribution in [3.05, 3.63) is 24.0 Å². The Bertz CT molecular complexity index is 439. The zero-order valence-electron chi connectivity index (χ0n) is 11.2. The highest BCUT2D eigenvalue weighted by Crippen LogP contribution is 2.31. The molecule has 0 saturated carbocycles. The minimum atomic E-state index is 0.0343. The van der Waals surface area contributed by atoms with Crippen LogP contribution in [-0.2, 0) is 0 Å². The maximum absolute atomic E-state index is 7.45. The summed E-state index contributed by atoms with van der Waals surface area (Å²) >= 11 is 0. The summed E-state index contributed by atoms with van der Waals surface area (Å²) in [6.45, 7) is 6.81. The van der Waals surface area contributed by atoms with Gasteiger partial charge in [0.05, 0.1) is 0 Å². The number of nitrogens with two attached hydrogens (primary N) is 1. The first kappa shape index (κ1) is 12.9.